The summed E-state index contributed by atoms with van der Waals surface area (Å²) >= 11 is 0. The van der Waals surface area contributed by atoms with Crippen LogP contribution >= 0.6 is 0 Å². The molecule has 86 valence electrons. The number of nitrogens with one attached hydrogen (secondary N) is 2. The van der Waals surface area contributed by atoms with E-state index in [1.807, 2.05) is 6.92 Å². The van der Waals surface area contributed by atoms with Crippen LogP contribution in [0.3, 0.4) is 0 Å². The third-order valence-electron chi connectivity index (χ3n) is 2.17. The Kier molecular flexibility index (Phi) is 4.31. The number of aliphatic hydroxyl groups excluding tert-OH is 1. The minimum absolute atomic E-state index is 0.0197. The van der Waals surface area contributed by atoms with Gasteiger partial charge in [-0.25, -0.2) is 13.1 Å². The summed E-state index contributed by atoms with van der Waals surface area (Å²) in [7, 11) is -3.44. The predicted molar refractivity (Wildman–Crippen MR) is 56.9 cm³/mol. The zero-order chi connectivity index (χ0) is 11.3. The first kappa shape index (κ1) is 12.2. The molecular formula is C9H16N2O3S. The maximum atomic E-state index is 11.7. The zero-order valence-electron chi connectivity index (χ0n) is 8.60. The van der Waals surface area contributed by atoms with E-state index in [2.05, 4.69) is 9.71 Å². The van der Waals surface area contributed by atoms with Crippen LogP contribution in [0.2, 0.25) is 0 Å². The summed E-state index contributed by atoms with van der Waals surface area (Å²) < 4.78 is 26.0. The van der Waals surface area contributed by atoms with E-state index in [1.165, 1.54) is 12.3 Å². The van der Waals surface area contributed by atoms with Crippen molar-refractivity contribution in [1.82, 2.24) is 9.71 Å². The number of aromatic nitrogens is 1. The average molecular weight is 232 g/mol. The average Bonchev–Trinajstić information content (AvgIpc) is 2.70. The van der Waals surface area contributed by atoms with Crippen molar-refractivity contribution in [2.24, 2.45) is 0 Å². The van der Waals surface area contributed by atoms with E-state index in [1.54, 1.807) is 6.20 Å². The Hall–Kier alpha value is -0.850. The smallest absolute Gasteiger partial charge is 0.242 e. The van der Waals surface area contributed by atoms with Crippen LogP contribution in [0, 0.1) is 0 Å². The molecule has 6 heteroatoms. The molecule has 0 aliphatic heterocycles. The topological polar surface area (TPSA) is 82.2 Å². The van der Waals surface area contributed by atoms with E-state index >= 15 is 0 Å². The first-order valence-corrected chi connectivity index (χ1v) is 6.34. The Morgan fingerprint density at radius 2 is 2.33 bits per heavy atom. The van der Waals surface area contributed by atoms with Crippen molar-refractivity contribution >= 4 is 10.0 Å². The number of sulfonamides is 1. The standard InChI is InChI=1S/C9H16N2O3S/c1-2-8(4-6-12)11-15(13,14)9-3-5-10-7-9/h3,5,7-8,10-12H,2,4,6H2,1H3. The summed E-state index contributed by atoms with van der Waals surface area (Å²) in [6.45, 7) is 1.86. The van der Waals surface area contributed by atoms with E-state index in [0.717, 1.165) is 0 Å². The molecule has 0 aromatic carbocycles. The lowest BCUT2D eigenvalue weighted by molar-refractivity contribution is 0.270. The van der Waals surface area contributed by atoms with Gasteiger partial charge in [-0.2, -0.15) is 0 Å². The Labute approximate surface area is 89.6 Å². The number of aliphatic hydroxyl groups is 1. The molecule has 0 fully saturated rings. The molecule has 0 bridgehead atoms. The molecule has 0 saturated carbocycles. The highest BCUT2D eigenvalue weighted by molar-refractivity contribution is 7.89. The Bertz CT molecular complexity index is 372. The van der Waals surface area contributed by atoms with Crippen molar-refractivity contribution in [1.29, 1.82) is 0 Å². The molecule has 0 aliphatic rings. The van der Waals surface area contributed by atoms with E-state index in [4.69, 9.17) is 5.11 Å². The summed E-state index contributed by atoms with van der Waals surface area (Å²) in [5, 5.41) is 8.75. The number of H-pyrrole nitrogens is 1. The molecule has 1 heterocycles. The van der Waals surface area contributed by atoms with Gasteiger partial charge in [-0.15, -0.1) is 0 Å². The van der Waals surface area contributed by atoms with Crippen LogP contribution in [-0.4, -0.2) is 31.2 Å². The van der Waals surface area contributed by atoms with Gasteiger partial charge in [0.05, 0.1) is 4.90 Å². The van der Waals surface area contributed by atoms with Crippen LogP contribution in [0.4, 0.5) is 0 Å². The highest BCUT2D eigenvalue weighted by Crippen LogP contribution is 2.09. The van der Waals surface area contributed by atoms with Crippen LogP contribution in [0.15, 0.2) is 23.4 Å². The van der Waals surface area contributed by atoms with Gasteiger partial charge in [-0.05, 0) is 18.9 Å². The van der Waals surface area contributed by atoms with Gasteiger partial charge in [0.25, 0.3) is 0 Å². The fraction of sp³-hybridized carbons (Fsp3) is 0.556. The first-order chi connectivity index (χ1) is 7.10. The summed E-state index contributed by atoms with van der Waals surface area (Å²) in [5.41, 5.74) is 0. The molecule has 15 heavy (non-hydrogen) atoms. The van der Waals surface area contributed by atoms with Gasteiger partial charge < -0.3 is 10.1 Å². The minimum atomic E-state index is -3.44. The van der Waals surface area contributed by atoms with Gasteiger partial charge in [0.2, 0.25) is 10.0 Å². The van der Waals surface area contributed by atoms with Crippen LogP contribution in [-0.2, 0) is 10.0 Å². The van der Waals surface area contributed by atoms with Gasteiger partial charge in [-0.1, -0.05) is 6.92 Å². The van der Waals surface area contributed by atoms with Gasteiger partial charge in [0.15, 0.2) is 0 Å². The van der Waals surface area contributed by atoms with E-state index < -0.39 is 10.0 Å². The quantitative estimate of drug-likeness (QED) is 0.666. The molecule has 0 amide bonds. The first-order valence-electron chi connectivity index (χ1n) is 4.86. The van der Waals surface area contributed by atoms with Crippen molar-refractivity contribution < 1.29 is 13.5 Å². The lowest BCUT2D eigenvalue weighted by Crippen LogP contribution is -2.34. The Morgan fingerprint density at radius 1 is 1.60 bits per heavy atom. The fourth-order valence-electron chi connectivity index (χ4n) is 1.27. The number of hydrogen-bond donors (Lipinski definition) is 3. The Morgan fingerprint density at radius 3 is 2.80 bits per heavy atom. The van der Waals surface area contributed by atoms with E-state index in [0.29, 0.717) is 12.8 Å². The van der Waals surface area contributed by atoms with Crippen LogP contribution in [0.5, 0.6) is 0 Å². The molecular weight excluding hydrogens is 216 g/mol. The second kappa shape index (κ2) is 5.29. The lowest BCUT2D eigenvalue weighted by atomic mass is 10.2. The van der Waals surface area contributed by atoms with Gasteiger partial charge in [-0.3, -0.25) is 0 Å². The normalized spacial score (nSPS) is 14.0. The molecule has 0 aliphatic carbocycles. The molecule has 5 nitrogen and oxygen atoms in total. The highest BCUT2D eigenvalue weighted by atomic mass is 32.2. The molecule has 3 N–H and O–H groups in total. The monoisotopic (exact) mass is 232 g/mol. The molecule has 1 rings (SSSR count). The molecule has 1 aromatic heterocycles. The molecule has 1 aromatic rings. The van der Waals surface area contributed by atoms with E-state index in [-0.39, 0.29) is 17.5 Å². The largest absolute Gasteiger partial charge is 0.396 e. The second-order valence-electron chi connectivity index (χ2n) is 3.29. The zero-order valence-corrected chi connectivity index (χ0v) is 9.42. The maximum absolute atomic E-state index is 11.7. The third kappa shape index (κ3) is 3.33. The number of rotatable bonds is 6. The van der Waals surface area contributed by atoms with Crippen LogP contribution in [0.1, 0.15) is 19.8 Å². The maximum Gasteiger partial charge on any atom is 0.242 e. The molecule has 0 spiro atoms. The van der Waals surface area contributed by atoms with Crippen molar-refractivity contribution in [2.45, 2.75) is 30.7 Å². The predicted octanol–water partition coefficient (Wildman–Crippen LogP) is 0.454. The van der Waals surface area contributed by atoms with Crippen molar-refractivity contribution in [3.05, 3.63) is 18.5 Å². The number of aromatic amines is 1. The van der Waals surface area contributed by atoms with Gasteiger partial charge >= 0.3 is 0 Å². The minimum Gasteiger partial charge on any atom is -0.396 e. The lowest BCUT2D eigenvalue weighted by Gasteiger charge is -2.14. The second-order valence-corrected chi connectivity index (χ2v) is 5.00. The van der Waals surface area contributed by atoms with Gasteiger partial charge in [0.1, 0.15) is 0 Å². The van der Waals surface area contributed by atoms with Crippen molar-refractivity contribution in [2.75, 3.05) is 6.61 Å². The summed E-state index contributed by atoms with van der Waals surface area (Å²) in [5.74, 6) is 0. The van der Waals surface area contributed by atoms with Gasteiger partial charge in [0, 0.05) is 25.0 Å². The molecule has 0 saturated heterocycles. The summed E-state index contributed by atoms with van der Waals surface area (Å²) in [6, 6.07) is 1.28. The number of hydrogen-bond acceptors (Lipinski definition) is 3. The van der Waals surface area contributed by atoms with E-state index in [9.17, 15) is 8.42 Å². The Balaban J connectivity index is 2.72. The highest BCUT2D eigenvalue weighted by Gasteiger charge is 2.18. The van der Waals surface area contributed by atoms with Crippen LogP contribution < -0.4 is 4.72 Å². The molecule has 1 unspecified atom stereocenters. The molecule has 0 radical (unpaired) electrons. The third-order valence-corrected chi connectivity index (χ3v) is 3.69. The van der Waals surface area contributed by atoms with Crippen LogP contribution in [0.25, 0.3) is 0 Å². The van der Waals surface area contributed by atoms with Crippen molar-refractivity contribution in [3.63, 3.8) is 0 Å². The summed E-state index contributed by atoms with van der Waals surface area (Å²) in [6.07, 6.45) is 4.07. The SMILES string of the molecule is CCC(CCO)NS(=O)(=O)c1cc[nH]c1. The summed E-state index contributed by atoms with van der Waals surface area (Å²) in [4.78, 5) is 2.91. The van der Waals surface area contributed by atoms with Crippen molar-refractivity contribution in [3.8, 4) is 0 Å². The molecule has 1 atom stereocenters. The fourth-order valence-corrected chi connectivity index (χ4v) is 2.60.